The standard InChI is InChI=1S/C10H12N2S/c1-9-11-10(8-13-9)4-7-12-5-2-3-6-12/h2-3,5-6,8H,4,7H2,1H3. The minimum absolute atomic E-state index is 1.02. The highest BCUT2D eigenvalue weighted by Crippen LogP contribution is 2.09. The summed E-state index contributed by atoms with van der Waals surface area (Å²) in [6, 6.07) is 4.10. The van der Waals surface area contributed by atoms with Gasteiger partial charge < -0.3 is 4.57 Å². The Balaban J connectivity index is 1.93. The lowest BCUT2D eigenvalue weighted by Crippen LogP contribution is -1.98. The minimum Gasteiger partial charge on any atom is -0.354 e. The Morgan fingerprint density at radius 2 is 2.15 bits per heavy atom. The number of hydrogen-bond donors (Lipinski definition) is 0. The third-order valence-electron chi connectivity index (χ3n) is 1.96. The molecule has 0 aliphatic rings. The van der Waals surface area contributed by atoms with Crippen LogP contribution in [-0.2, 0) is 13.0 Å². The van der Waals surface area contributed by atoms with Gasteiger partial charge in [-0.3, -0.25) is 0 Å². The number of aryl methyl sites for hydroxylation is 3. The van der Waals surface area contributed by atoms with Crippen molar-refractivity contribution in [3.8, 4) is 0 Å². The summed E-state index contributed by atoms with van der Waals surface area (Å²) < 4.78 is 2.18. The van der Waals surface area contributed by atoms with E-state index in [1.165, 1.54) is 5.69 Å². The zero-order valence-electron chi connectivity index (χ0n) is 7.60. The molecule has 2 nitrogen and oxygen atoms in total. The second-order valence-electron chi connectivity index (χ2n) is 3.03. The lowest BCUT2D eigenvalue weighted by Gasteiger charge is -1.99. The molecule has 0 unspecified atom stereocenters. The molecule has 68 valence electrons. The van der Waals surface area contributed by atoms with E-state index >= 15 is 0 Å². The van der Waals surface area contributed by atoms with Crippen LogP contribution in [0.1, 0.15) is 10.7 Å². The molecule has 0 aromatic carbocycles. The van der Waals surface area contributed by atoms with E-state index in [4.69, 9.17) is 0 Å². The van der Waals surface area contributed by atoms with Crippen LogP contribution in [0.25, 0.3) is 0 Å². The van der Waals surface area contributed by atoms with Crippen molar-refractivity contribution >= 4 is 11.3 Å². The predicted octanol–water partition coefficient (Wildman–Crippen LogP) is 2.50. The van der Waals surface area contributed by atoms with Crippen LogP contribution in [0.5, 0.6) is 0 Å². The van der Waals surface area contributed by atoms with Gasteiger partial charge in [0.15, 0.2) is 0 Å². The molecule has 0 fully saturated rings. The summed E-state index contributed by atoms with van der Waals surface area (Å²) in [6.45, 7) is 3.07. The molecule has 2 heterocycles. The van der Waals surface area contributed by atoms with Gasteiger partial charge in [0, 0.05) is 30.7 Å². The number of aromatic nitrogens is 2. The molecule has 0 spiro atoms. The van der Waals surface area contributed by atoms with Crippen LogP contribution in [-0.4, -0.2) is 9.55 Å². The Morgan fingerprint density at radius 1 is 1.38 bits per heavy atom. The molecule has 0 amide bonds. The van der Waals surface area contributed by atoms with Gasteiger partial charge in [-0.1, -0.05) is 0 Å². The molecular weight excluding hydrogens is 180 g/mol. The first-order valence-corrected chi connectivity index (χ1v) is 5.24. The quantitative estimate of drug-likeness (QED) is 0.730. The first-order chi connectivity index (χ1) is 6.34. The summed E-state index contributed by atoms with van der Waals surface area (Å²) in [6.07, 6.45) is 5.19. The SMILES string of the molecule is Cc1nc(CCn2cccc2)cs1. The van der Waals surface area contributed by atoms with Crippen molar-refractivity contribution in [3.63, 3.8) is 0 Å². The zero-order chi connectivity index (χ0) is 9.10. The molecule has 13 heavy (non-hydrogen) atoms. The van der Waals surface area contributed by atoms with Gasteiger partial charge in [0.05, 0.1) is 10.7 Å². The zero-order valence-corrected chi connectivity index (χ0v) is 8.42. The van der Waals surface area contributed by atoms with Crippen molar-refractivity contribution in [3.05, 3.63) is 40.6 Å². The normalized spacial score (nSPS) is 10.5. The predicted molar refractivity (Wildman–Crippen MR) is 55.0 cm³/mol. The van der Waals surface area contributed by atoms with E-state index in [1.54, 1.807) is 11.3 Å². The Morgan fingerprint density at radius 3 is 2.77 bits per heavy atom. The van der Waals surface area contributed by atoms with Gasteiger partial charge >= 0.3 is 0 Å². The van der Waals surface area contributed by atoms with Gasteiger partial charge in [0.1, 0.15) is 0 Å². The Bertz CT molecular complexity index is 362. The van der Waals surface area contributed by atoms with Crippen LogP contribution >= 0.6 is 11.3 Å². The fourth-order valence-corrected chi connectivity index (χ4v) is 1.93. The Labute approximate surface area is 81.9 Å². The number of rotatable bonds is 3. The lowest BCUT2D eigenvalue weighted by molar-refractivity contribution is 0.691. The molecule has 0 atom stereocenters. The third-order valence-corrected chi connectivity index (χ3v) is 2.78. The minimum atomic E-state index is 1.02. The highest BCUT2D eigenvalue weighted by molar-refractivity contribution is 7.09. The topological polar surface area (TPSA) is 17.8 Å². The summed E-state index contributed by atoms with van der Waals surface area (Å²) in [5.74, 6) is 0. The van der Waals surface area contributed by atoms with Gasteiger partial charge in [0.25, 0.3) is 0 Å². The molecule has 0 saturated carbocycles. The molecular formula is C10H12N2S. The molecule has 0 bridgehead atoms. The van der Waals surface area contributed by atoms with Crippen molar-refractivity contribution in [1.82, 2.24) is 9.55 Å². The van der Waals surface area contributed by atoms with Gasteiger partial charge in [-0.25, -0.2) is 4.98 Å². The van der Waals surface area contributed by atoms with Crippen molar-refractivity contribution in [1.29, 1.82) is 0 Å². The van der Waals surface area contributed by atoms with Crippen molar-refractivity contribution < 1.29 is 0 Å². The number of nitrogens with zero attached hydrogens (tertiary/aromatic N) is 2. The van der Waals surface area contributed by atoms with Crippen LogP contribution in [0.15, 0.2) is 29.9 Å². The van der Waals surface area contributed by atoms with E-state index in [1.807, 2.05) is 19.1 Å². The molecule has 3 heteroatoms. The van der Waals surface area contributed by atoms with Crippen molar-refractivity contribution in [2.45, 2.75) is 19.9 Å². The molecule has 0 radical (unpaired) electrons. The summed E-state index contributed by atoms with van der Waals surface area (Å²) in [7, 11) is 0. The van der Waals surface area contributed by atoms with E-state index in [2.05, 4.69) is 27.3 Å². The molecule has 0 aliphatic heterocycles. The molecule has 2 aromatic heterocycles. The van der Waals surface area contributed by atoms with Gasteiger partial charge in [-0.2, -0.15) is 0 Å². The Kier molecular flexibility index (Phi) is 2.45. The molecule has 0 N–H and O–H groups in total. The van der Waals surface area contributed by atoms with E-state index < -0.39 is 0 Å². The van der Waals surface area contributed by atoms with E-state index in [9.17, 15) is 0 Å². The van der Waals surface area contributed by atoms with Crippen LogP contribution in [0.2, 0.25) is 0 Å². The van der Waals surface area contributed by atoms with Gasteiger partial charge in [0.2, 0.25) is 0 Å². The second-order valence-corrected chi connectivity index (χ2v) is 4.09. The van der Waals surface area contributed by atoms with Gasteiger partial charge in [-0.05, 0) is 19.1 Å². The fraction of sp³-hybridized carbons (Fsp3) is 0.300. The van der Waals surface area contributed by atoms with E-state index in [0.717, 1.165) is 18.0 Å². The molecule has 0 saturated heterocycles. The molecule has 0 aliphatic carbocycles. The summed E-state index contributed by atoms with van der Waals surface area (Å²) in [4.78, 5) is 4.42. The highest BCUT2D eigenvalue weighted by atomic mass is 32.1. The van der Waals surface area contributed by atoms with E-state index in [-0.39, 0.29) is 0 Å². The van der Waals surface area contributed by atoms with Gasteiger partial charge in [-0.15, -0.1) is 11.3 Å². The van der Waals surface area contributed by atoms with Crippen molar-refractivity contribution in [2.75, 3.05) is 0 Å². The summed E-state index contributed by atoms with van der Waals surface area (Å²) in [5.41, 5.74) is 1.20. The maximum atomic E-state index is 4.42. The number of hydrogen-bond acceptors (Lipinski definition) is 2. The third kappa shape index (κ3) is 2.18. The second kappa shape index (κ2) is 3.75. The summed E-state index contributed by atoms with van der Waals surface area (Å²) in [5, 5.41) is 3.29. The first-order valence-electron chi connectivity index (χ1n) is 4.36. The summed E-state index contributed by atoms with van der Waals surface area (Å²) >= 11 is 1.72. The van der Waals surface area contributed by atoms with Crippen LogP contribution in [0.3, 0.4) is 0 Å². The highest BCUT2D eigenvalue weighted by Gasteiger charge is 1.97. The van der Waals surface area contributed by atoms with Crippen LogP contribution in [0.4, 0.5) is 0 Å². The first kappa shape index (κ1) is 8.51. The monoisotopic (exact) mass is 192 g/mol. The fourth-order valence-electron chi connectivity index (χ4n) is 1.29. The molecule has 2 aromatic rings. The van der Waals surface area contributed by atoms with Crippen LogP contribution in [0, 0.1) is 6.92 Å². The van der Waals surface area contributed by atoms with E-state index in [0.29, 0.717) is 0 Å². The number of thiazole rings is 1. The lowest BCUT2D eigenvalue weighted by atomic mass is 10.3. The van der Waals surface area contributed by atoms with Crippen molar-refractivity contribution in [2.24, 2.45) is 0 Å². The Hall–Kier alpha value is -1.09. The maximum Gasteiger partial charge on any atom is 0.0897 e. The maximum absolute atomic E-state index is 4.42. The van der Waals surface area contributed by atoms with Crippen LogP contribution < -0.4 is 0 Å². The average molecular weight is 192 g/mol. The largest absolute Gasteiger partial charge is 0.354 e. The average Bonchev–Trinajstić information content (AvgIpc) is 2.71. The molecule has 2 rings (SSSR count). The smallest absolute Gasteiger partial charge is 0.0897 e.